The number of carbonyl (C=O) groups is 2. The van der Waals surface area contributed by atoms with Crippen LogP contribution in [0.25, 0.3) is 10.9 Å². The van der Waals surface area contributed by atoms with E-state index in [0.717, 1.165) is 78.3 Å². The maximum absolute atomic E-state index is 12.5. The van der Waals surface area contributed by atoms with Crippen molar-refractivity contribution in [1.82, 2.24) is 20.0 Å². The van der Waals surface area contributed by atoms with Crippen molar-refractivity contribution in [1.29, 1.82) is 0 Å². The second-order valence-corrected chi connectivity index (χ2v) is 13.8. The highest BCUT2D eigenvalue weighted by Crippen LogP contribution is 2.35. The van der Waals surface area contributed by atoms with Crippen molar-refractivity contribution in [3.05, 3.63) is 52.1 Å². The Labute approximate surface area is 263 Å². The smallest absolute Gasteiger partial charge is 0.235 e. The number of rotatable bonds is 8. The number of benzene rings is 2. The van der Waals surface area contributed by atoms with Gasteiger partial charge in [0.05, 0.1) is 23.2 Å². The zero-order valence-electron chi connectivity index (χ0n) is 25.7. The fraction of sp³-hybridized carbons (Fsp3) is 0.559. The molecule has 3 heterocycles. The van der Waals surface area contributed by atoms with Gasteiger partial charge in [-0.05, 0) is 87.6 Å². The number of carbonyl (C=O) groups excluding carboxylic acids is 2. The van der Waals surface area contributed by atoms with Crippen molar-refractivity contribution in [3.8, 4) is 5.75 Å². The fourth-order valence-electron chi connectivity index (χ4n) is 7.34. The average Bonchev–Trinajstić information content (AvgIpc) is 3.32. The van der Waals surface area contributed by atoms with E-state index in [-0.39, 0.29) is 17.7 Å². The number of fused-ring (bicyclic) bond motifs is 1. The van der Waals surface area contributed by atoms with E-state index in [4.69, 9.17) is 9.84 Å². The molecule has 9 heteroatoms. The summed E-state index contributed by atoms with van der Waals surface area (Å²) in [4.78, 5) is 29.2. The monoisotopic (exact) mass is 649 g/mol. The minimum Gasteiger partial charge on any atom is -0.490 e. The van der Waals surface area contributed by atoms with Gasteiger partial charge in [0.1, 0.15) is 5.75 Å². The number of nitrogens with one attached hydrogen (secondary N) is 1. The molecule has 2 atom stereocenters. The molecular weight excluding hydrogens is 606 g/mol. The van der Waals surface area contributed by atoms with Crippen LogP contribution < -0.4 is 15.0 Å². The molecule has 1 unspecified atom stereocenters. The number of aryl methyl sites for hydroxylation is 1. The van der Waals surface area contributed by atoms with Gasteiger partial charge in [0.2, 0.25) is 11.8 Å². The van der Waals surface area contributed by atoms with Crippen molar-refractivity contribution in [2.45, 2.75) is 70.8 Å². The number of imide groups is 1. The molecule has 1 aromatic heterocycles. The molecule has 230 valence electrons. The fourth-order valence-corrected chi connectivity index (χ4v) is 7.68. The van der Waals surface area contributed by atoms with Crippen LogP contribution >= 0.6 is 15.9 Å². The van der Waals surface area contributed by atoms with E-state index in [1.165, 1.54) is 30.5 Å². The van der Waals surface area contributed by atoms with Crippen molar-refractivity contribution in [3.63, 3.8) is 0 Å². The van der Waals surface area contributed by atoms with Crippen molar-refractivity contribution < 1.29 is 14.3 Å². The van der Waals surface area contributed by atoms with Crippen LogP contribution in [0.3, 0.4) is 0 Å². The molecule has 0 spiro atoms. The molecule has 8 nitrogen and oxygen atoms in total. The third kappa shape index (κ3) is 6.78. The number of piperazine rings is 1. The van der Waals surface area contributed by atoms with Gasteiger partial charge >= 0.3 is 0 Å². The molecule has 2 aromatic carbocycles. The maximum atomic E-state index is 12.5. The van der Waals surface area contributed by atoms with Crippen LogP contribution in [0.15, 0.2) is 40.9 Å². The van der Waals surface area contributed by atoms with E-state index in [0.29, 0.717) is 24.9 Å². The molecule has 3 aromatic rings. The summed E-state index contributed by atoms with van der Waals surface area (Å²) in [6.07, 6.45) is 7.34. The van der Waals surface area contributed by atoms with Crippen LogP contribution in [-0.2, 0) is 16.6 Å². The lowest BCUT2D eigenvalue weighted by Crippen LogP contribution is -2.47. The summed E-state index contributed by atoms with van der Waals surface area (Å²) in [5.41, 5.74) is 4.19. The van der Waals surface area contributed by atoms with Gasteiger partial charge in [0.15, 0.2) is 0 Å². The summed E-state index contributed by atoms with van der Waals surface area (Å²) >= 11 is 3.62. The van der Waals surface area contributed by atoms with Gasteiger partial charge < -0.3 is 9.64 Å². The highest BCUT2D eigenvalue weighted by atomic mass is 79.9. The van der Waals surface area contributed by atoms with Crippen LogP contribution in [0.1, 0.15) is 69.0 Å². The number of hydrogen-bond donors (Lipinski definition) is 1. The van der Waals surface area contributed by atoms with Gasteiger partial charge in [-0.2, -0.15) is 5.10 Å². The summed E-state index contributed by atoms with van der Waals surface area (Å²) in [5, 5.41) is 8.17. The Balaban J connectivity index is 0.969. The van der Waals surface area contributed by atoms with Gasteiger partial charge in [-0.1, -0.05) is 28.9 Å². The zero-order chi connectivity index (χ0) is 30.1. The molecule has 1 aliphatic carbocycles. The molecule has 2 saturated heterocycles. The van der Waals surface area contributed by atoms with Crippen molar-refractivity contribution in [2.75, 3.05) is 37.6 Å². The van der Waals surface area contributed by atoms with Crippen molar-refractivity contribution >= 4 is 44.3 Å². The van der Waals surface area contributed by atoms with E-state index in [2.05, 4.69) is 81.3 Å². The molecule has 0 radical (unpaired) electrons. The van der Waals surface area contributed by atoms with E-state index in [1.807, 2.05) is 11.7 Å². The van der Waals surface area contributed by atoms with Crippen LogP contribution in [0.4, 0.5) is 5.69 Å². The van der Waals surface area contributed by atoms with E-state index < -0.39 is 0 Å². The van der Waals surface area contributed by atoms with E-state index in [1.54, 1.807) is 0 Å². The summed E-state index contributed by atoms with van der Waals surface area (Å²) in [6, 6.07) is 12.7. The highest BCUT2D eigenvalue weighted by Gasteiger charge is 2.32. The van der Waals surface area contributed by atoms with Gasteiger partial charge in [-0.15, -0.1) is 0 Å². The maximum Gasteiger partial charge on any atom is 0.235 e. The molecular formula is C34H44BrN5O3. The van der Waals surface area contributed by atoms with Crippen LogP contribution in [-0.4, -0.2) is 65.3 Å². The number of hydrogen-bond acceptors (Lipinski definition) is 6. The lowest BCUT2D eigenvalue weighted by atomic mass is 9.82. The van der Waals surface area contributed by atoms with Crippen LogP contribution in [0.2, 0.25) is 0 Å². The molecule has 43 heavy (non-hydrogen) atoms. The van der Waals surface area contributed by atoms with E-state index in [9.17, 15) is 9.59 Å². The lowest BCUT2D eigenvalue weighted by molar-refractivity contribution is -0.134. The molecule has 1 N–H and O–H groups in total. The topological polar surface area (TPSA) is 79.7 Å². The van der Waals surface area contributed by atoms with Gasteiger partial charge in [0.25, 0.3) is 0 Å². The SMILES string of the molecule is Cc1c(Br)cccc1OC1CCC(C[C@@H](C)CN2CCN(c3ccc4c(C5CCC(=O)NC5=O)nn(C)c4c3)CC2)CC1. The summed E-state index contributed by atoms with van der Waals surface area (Å²) in [6.45, 7) is 9.87. The Kier molecular flexibility index (Phi) is 9.10. The number of nitrogens with zero attached hydrogens (tertiary/aromatic N) is 4. The standard InChI is InChI=1S/C34H44BrN5O3/c1-22(19-24-7-10-26(11-8-24)43-31-6-4-5-29(35)23(31)2)21-39-15-17-40(18-16-39)25-9-12-27-30(20-25)38(3)37-33(27)28-13-14-32(41)36-34(28)42/h4-6,9,12,20,22,24,26,28H,7-8,10-11,13-19,21H2,1-3H3,(H,36,41,42)/t22-,24?,26?,28?/m1/s1. The Morgan fingerprint density at radius 1 is 1.05 bits per heavy atom. The van der Waals surface area contributed by atoms with Crippen molar-refractivity contribution in [2.24, 2.45) is 18.9 Å². The molecule has 1 saturated carbocycles. The zero-order valence-corrected chi connectivity index (χ0v) is 27.2. The minimum atomic E-state index is -0.373. The second-order valence-electron chi connectivity index (χ2n) is 13.0. The predicted molar refractivity (Wildman–Crippen MR) is 174 cm³/mol. The number of halogens is 1. The predicted octanol–water partition coefficient (Wildman–Crippen LogP) is 5.95. The minimum absolute atomic E-state index is 0.196. The van der Waals surface area contributed by atoms with Gasteiger partial charge in [-0.25, -0.2) is 0 Å². The molecule has 2 aliphatic heterocycles. The van der Waals surface area contributed by atoms with Crippen LogP contribution in [0, 0.1) is 18.8 Å². The second kappa shape index (κ2) is 13.0. The van der Waals surface area contributed by atoms with Crippen LogP contribution in [0.5, 0.6) is 5.75 Å². The Morgan fingerprint density at radius 3 is 2.56 bits per heavy atom. The number of ether oxygens (including phenoxy) is 1. The number of anilines is 1. The quantitative estimate of drug-likeness (QED) is 0.304. The summed E-state index contributed by atoms with van der Waals surface area (Å²) < 4.78 is 9.37. The molecule has 2 amide bonds. The molecule has 0 bridgehead atoms. The number of aromatic nitrogens is 2. The normalized spacial score (nSPS) is 24.3. The first-order valence-electron chi connectivity index (χ1n) is 15.9. The molecule has 3 aliphatic rings. The molecule has 6 rings (SSSR count). The first kappa shape index (κ1) is 30.1. The summed E-state index contributed by atoms with van der Waals surface area (Å²) in [5.74, 6) is 1.70. The summed E-state index contributed by atoms with van der Waals surface area (Å²) in [7, 11) is 1.93. The first-order valence-corrected chi connectivity index (χ1v) is 16.7. The Morgan fingerprint density at radius 2 is 1.81 bits per heavy atom. The average molecular weight is 651 g/mol. The van der Waals surface area contributed by atoms with Gasteiger partial charge in [0, 0.05) is 67.3 Å². The Hall–Kier alpha value is -2.91. The van der Waals surface area contributed by atoms with E-state index >= 15 is 0 Å². The Bertz CT molecular complexity index is 1470. The first-order chi connectivity index (χ1) is 20.7. The lowest BCUT2D eigenvalue weighted by Gasteiger charge is -2.38. The molecule has 3 fully saturated rings. The third-order valence-electron chi connectivity index (χ3n) is 9.78. The number of amides is 2. The third-order valence-corrected chi connectivity index (χ3v) is 10.6. The number of piperidine rings is 1. The highest BCUT2D eigenvalue weighted by molar-refractivity contribution is 9.10. The van der Waals surface area contributed by atoms with Gasteiger partial charge in [-0.3, -0.25) is 24.5 Å². The largest absolute Gasteiger partial charge is 0.490 e.